The van der Waals surface area contributed by atoms with Crippen LogP contribution in [0.25, 0.3) is 0 Å². The molecule has 0 aliphatic rings. The molecule has 77 valence electrons. The van der Waals surface area contributed by atoms with E-state index in [2.05, 4.69) is 0 Å². The Balaban J connectivity index is 0. The molecule has 0 saturated heterocycles. The number of carboxylic acid groups (broad SMARTS) is 1. The third kappa shape index (κ3) is 4.47. The van der Waals surface area contributed by atoms with Gasteiger partial charge in [-0.15, -0.1) is 0 Å². The molecule has 0 spiro atoms. The SMILES string of the molecule is O=CC(O)C(O)C(O)C(O)C(=O)O.[Na]. The average molecular weight is 217 g/mol. The van der Waals surface area contributed by atoms with Crippen LogP contribution in [0.1, 0.15) is 0 Å². The first kappa shape index (κ1) is 16.4. The Morgan fingerprint density at radius 1 is 1.07 bits per heavy atom. The predicted molar refractivity (Wildman–Crippen MR) is 43.5 cm³/mol. The molecule has 0 saturated carbocycles. The molecule has 0 aromatic carbocycles. The maximum Gasteiger partial charge on any atom is 0.335 e. The van der Waals surface area contributed by atoms with E-state index in [1.807, 2.05) is 0 Å². The van der Waals surface area contributed by atoms with Crippen molar-refractivity contribution in [2.24, 2.45) is 0 Å². The smallest absolute Gasteiger partial charge is 0.335 e. The van der Waals surface area contributed by atoms with Crippen molar-refractivity contribution >= 4 is 41.8 Å². The molecule has 7 nitrogen and oxygen atoms in total. The van der Waals surface area contributed by atoms with Crippen molar-refractivity contribution in [1.82, 2.24) is 0 Å². The van der Waals surface area contributed by atoms with Gasteiger partial charge in [0, 0.05) is 29.6 Å². The molecule has 0 amide bonds. The van der Waals surface area contributed by atoms with Crippen molar-refractivity contribution in [3.05, 3.63) is 0 Å². The maximum absolute atomic E-state index is 10.1. The van der Waals surface area contributed by atoms with E-state index in [4.69, 9.17) is 25.5 Å². The number of hydrogen-bond donors (Lipinski definition) is 5. The van der Waals surface area contributed by atoms with E-state index in [-0.39, 0.29) is 35.8 Å². The number of aliphatic hydroxyl groups excluding tert-OH is 4. The summed E-state index contributed by atoms with van der Waals surface area (Å²) in [6, 6.07) is 0. The number of aldehydes is 1. The van der Waals surface area contributed by atoms with Crippen LogP contribution in [0.3, 0.4) is 0 Å². The summed E-state index contributed by atoms with van der Waals surface area (Å²) in [5.41, 5.74) is 0. The minimum atomic E-state index is -2.25. The topological polar surface area (TPSA) is 135 Å². The quantitative estimate of drug-likeness (QED) is 0.236. The zero-order chi connectivity index (χ0) is 10.6. The molecule has 5 N–H and O–H groups in total. The van der Waals surface area contributed by atoms with Gasteiger partial charge < -0.3 is 30.3 Å². The monoisotopic (exact) mass is 217 g/mol. The van der Waals surface area contributed by atoms with Gasteiger partial charge in [-0.25, -0.2) is 4.79 Å². The summed E-state index contributed by atoms with van der Waals surface area (Å²) in [7, 11) is 0. The van der Waals surface area contributed by atoms with Crippen molar-refractivity contribution in [2.45, 2.75) is 24.4 Å². The van der Waals surface area contributed by atoms with Gasteiger partial charge >= 0.3 is 5.97 Å². The Morgan fingerprint density at radius 3 is 1.79 bits per heavy atom. The summed E-state index contributed by atoms with van der Waals surface area (Å²) < 4.78 is 0. The Bertz CT molecular complexity index is 197. The van der Waals surface area contributed by atoms with E-state index >= 15 is 0 Å². The molecule has 4 unspecified atom stereocenters. The molecule has 0 bridgehead atoms. The number of carbonyl (C=O) groups excluding carboxylic acids is 1. The number of aliphatic hydroxyl groups is 4. The molecule has 0 rings (SSSR count). The first-order valence-corrected chi connectivity index (χ1v) is 3.32. The van der Waals surface area contributed by atoms with Crippen LogP contribution < -0.4 is 0 Å². The van der Waals surface area contributed by atoms with E-state index in [0.29, 0.717) is 0 Å². The van der Waals surface area contributed by atoms with Gasteiger partial charge in [0.2, 0.25) is 0 Å². The van der Waals surface area contributed by atoms with Crippen LogP contribution in [-0.2, 0) is 9.59 Å². The Morgan fingerprint density at radius 2 is 1.50 bits per heavy atom. The van der Waals surface area contributed by atoms with Gasteiger partial charge in [0.25, 0.3) is 0 Å². The van der Waals surface area contributed by atoms with Crippen LogP contribution in [-0.4, -0.2) is 91.8 Å². The first-order chi connectivity index (χ1) is 5.91. The average Bonchev–Trinajstić information content (AvgIpc) is 2.12. The van der Waals surface area contributed by atoms with Crippen LogP contribution in [0, 0.1) is 0 Å². The molecular formula is C6H10NaO7. The van der Waals surface area contributed by atoms with Gasteiger partial charge in [0.15, 0.2) is 12.4 Å². The summed E-state index contributed by atoms with van der Waals surface area (Å²) >= 11 is 0. The number of carboxylic acids is 1. The van der Waals surface area contributed by atoms with Crippen LogP contribution in [0.15, 0.2) is 0 Å². The van der Waals surface area contributed by atoms with E-state index in [0.717, 1.165) is 0 Å². The van der Waals surface area contributed by atoms with Gasteiger partial charge in [-0.2, -0.15) is 0 Å². The van der Waals surface area contributed by atoms with Crippen molar-refractivity contribution in [3.8, 4) is 0 Å². The minimum Gasteiger partial charge on any atom is -0.479 e. The van der Waals surface area contributed by atoms with Crippen LogP contribution in [0.4, 0.5) is 0 Å². The Kier molecular flexibility index (Phi) is 8.55. The molecule has 0 aromatic rings. The second-order valence-electron chi connectivity index (χ2n) is 2.39. The predicted octanol–water partition coefficient (Wildman–Crippen LogP) is -3.67. The molecule has 1 radical (unpaired) electrons. The van der Waals surface area contributed by atoms with Crippen molar-refractivity contribution in [2.75, 3.05) is 0 Å². The Labute approximate surface area is 101 Å². The standard InChI is InChI=1S/C6H10O7.Na/c7-1-2(8)3(9)4(10)5(11)6(12)13;/h1-5,8-11H,(H,12,13);. The number of rotatable bonds is 5. The van der Waals surface area contributed by atoms with Crippen molar-refractivity contribution in [3.63, 3.8) is 0 Å². The minimum absolute atomic E-state index is 0. The van der Waals surface area contributed by atoms with E-state index in [1.54, 1.807) is 0 Å². The number of carbonyl (C=O) groups is 2. The van der Waals surface area contributed by atoms with E-state index < -0.39 is 30.4 Å². The van der Waals surface area contributed by atoms with E-state index in [9.17, 15) is 9.59 Å². The first-order valence-electron chi connectivity index (χ1n) is 3.32. The normalized spacial score (nSPS) is 18.6. The fourth-order valence-electron chi connectivity index (χ4n) is 0.615. The molecule has 8 heteroatoms. The number of aliphatic carboxylic acids is 1. The summed E-state index contributed by atoms with van der Waals surface area (Å²) in [4.78, 5) is 20.0. The zero-order valence-electron chi connectivity index (χ0n) is 7.44. The molecule has 0 heterocycles. The third-order valence-electron chi connectivity index (χ3n) is 1.42. The summed E-state index contributed by atoms with van der Waals surface area (Å²) in [5, 5.41) is 43.2. The molecule has 14 heavy (non-hydrogen) atoms. The summed E-state index contributed by atoms with van der Waals surface area (Å²) in [6.45, 7) is 0. The molecule has 0 aliphatic heterocycles. The third-order valence-corrected chi connectivity index (χ3v) is 1.42. The molecule has 0 aliphatic carbocycles. The van der Waals surface area contributed by atoms with Crippen molar-refractivity contribution in [1.29, 1.82) is 0 Å². The van der Waals surface area contributed by atoms with Gasteiger partial charge in [0.05, 0.1) is 0 Å². The van der Waals surface area contributed by atoms with Crippen LogP contribution in [0.2, 0.25) is 0 Å². The van der Waals surface area contributed by atoms with Gasteiger partial charge in [-0.3, -0.25) is 0 Å². The van der Waals surface area contributed by atoms with Crippen molar-refractivity contribution < 1.29 is 35.1 Å². The van der Waals surface area contributed by atoms with Crippen LogP contribution in [0.5, 0.6) is 0 Å². The molecule has 0 aromatic heterocycles. The number of hydrogen-bond acceptors (Lipinski definition) is 6. The Hall–Kier alpha value is -0.0200. The van der Waals surface area contributed by atoms with Gasteiger partial charge in [0.1, 0.15) is 18.3 Å². The molecular weight excluding hydrogens is 207 g/mol. The fourth-order valence-corrected chi connectivity index (χ4v) is 0.615. The molecule has 0 fully saturated rings. The molecule has 4 atom stereocenters. The van der Waals surface area contributed by atoms with Gasteiger partial charge in [-0.05, 0) is 0 Å². The second-order valence-corrected chi connectivity index (χ2v) is 2.39. The largest absolute Gasteiger partial charge is 0.479 e. The van der Waals surface area contributed by atoms with Crippen LogP contribution >= 0.6 is 0 Å². The van der Waals surface area contributed by atoms with Gasteiger partial charge in [-0.1, -0.05) is 0 Å². The summed E-state index contributed by atoms with van der Waals surface area (Å²) in [6.07, 6.45) is -8.39. The fraction of sp³-hybridized carbons (Fsp3) is 0.667. The summed E-state index contributed by atoms with van der Waals surface area (Å²) in [5.74, 6) is -1.76. The maximum atomic E-state index is 10.1. The zero-order valence-corrected chi connectivity index (χ0v) is 9.44. The second kappa shape index (κ2) is 7.30. The van der Waals surface area contributed by atoms with E-state index in [1.165, 1.54) is 0 Å².